The molecular weight excluding hydrogens is 320 g/mol. The number of hydrogen-bond acceptors (Lipinski definition) is 6. The topological polar surface area (TPSA) is 102 Å². The van der Waals surface area contributed by atoms with E-state index in [2.05, 4.69) is 9.97 Å². The van der Waals surface area contributed by atoms with Crippen molar-refractivity contribution in [1.82, 2.24) is 9.97 Å². The number of ether oxygens (including phenoxy) is 1. The Balaban J connectivity index is 2.07. The van der Waals surface area contributed by atoms with E-state index in [0.29, 0.717) is 30.2 Å². The van der Waals surface area contributed by atoms with Gasteiger partial charge in [0.25, 0.3) is 0 Å². The maximum absolute atomic E-state index is 10.8. The summed E-state index contributed by atoms with van der Waals surface area (Å²) in [6, 6.07) is 9.07. The van der Waals surface area contributed by atoms with Crippen molar-refractivity contribution in [3.8, 4) is 5.75 Å². The van der Waals surface area contributed by atoms with Crippen LogP contribution in [0.3, 0.4) is 0 Å². The molecule has 1 amide bonds. The lowest BCUT2D eigenvalue weighted by molar-refractivity contribution is -0.118. The van der Waals surface area contributed by atoms with Gasteiger partial charge in [0.05, 0.1) is 13.3 Å². The van der Waals surface area contributed by atoms with Crippen LogP contribution in [0.25, 0.3) is 0 Å². The summed E-state index contributed by atoms with van der Waals surface area (Å²) in [4.78, 5) is 21.1. The number of aromatic nitrogens is 2. The maximum atomic E-state index is 10.8. The Morgan fingerprint density at radius 3 is 2.60 bits per heavy atom. The molecule has 0 aliphatic rings. The molecule has 0 spiro atoms. The normalized spacial score (nSPS) is 11.8. The van der Waals surface area contributed by atoms with Gasteiger partial charge in [-0.25, -0.2) is 9.97 Å². The zero-order valence-corrected chi connectivity index (χ0v) is 14.3. The van der Waals surface area contributed by atoms with Crippen LogP contribution >= 0.6 is 0 Å². The standard InChI is InChI=1S/C18H24N4O3/c1-25-14-10-11-17(21-13-14)22(16-8-5-6-12-20-16)18(24)9-4-2-3-7-15(19)23/h5-6,8,10-13,18,24H,2-4,7,9H2,1H3,(H2,19,23). The van der Waals surface area contributed by atoms with Crippen LogP contribution in [0.5, 0.6) is 5.75 Å². The summed E-state index contributed by atoms with van der Waals surface area (Å²) >= 11 is 0. The van der Waals surface area contributed by atoms with Crippen LogP contribution in [0.2, 0.25) is 0 Å². The molecule has 0 saturated carbocycles. The minimum Gasteiger partial charge on any atom is -0.495 e. The number of rotatable bonds is 10. The van der Waals surface area contributed by atoms with E-state index in [9.17, 15) is 9.90 Å². The van der Waals surface area contributed by atoms with Gasteiger partial charge in [-0.1, -0.05) is 12.5 Å². The van der Waals surface area contributed by atoms with Crippen LogP contribution in [-0.2, 0) is 4.79 Å². The van der Waals surface area contributed by atoms with E-state index in [1.807, 2.05) is 18.2 Å². The first-order valence-corrected chi connectivity index (χ1v) is 8.28. The number of anilines is 2. The molecule has 0 aromatic carbocycles. The number of hydrogen-bond donors (Lipinski definition) is 2. The predicted molar refractivity (Wildman–Crippen MR) is 95.5 cm³/mol. The maximum Gasteiger partial charge on any atom is 0.217 e. The van der Waals surface area contributed by atoms with Gasteiger partial charge in [-0.15, -0.1) is 0 Å². The molecule has 134 valence electrons. The number of nitrogens with zero attached hydrogens (tertiary/aromatic N) is 3. The molecule has 2 rings (SSSR count). The van der Waals surface area contributed by atoms with Gasteiger partial charge < -0.3 is 15.6 Å². The fourth-order valence-corrected chi connectivity index (χ4v) is 2.49. The molecule has 0 aliphatic heterocycles. The van der Waals surface area contributed by atoms with Gasteiger partial charge >= 0.3 is 0 Å². The minimum atomic E-state index is -0.774. The molecule has 3 N–H and O–H groups in total. The summed E-state index contributed by atoms with van der Waals surface area (Å²) in [5, 5.41) is 10.7. The summed E-state index contributed by atoms with van der Waals surface area (Å²) in [7, 11) is 1.58. The second-order valence-electron chi connectivity index (χ2n) is 5.66. The molecule has 0 aliphatic carbocycles. The number of methoxy groups -OCH3 is 1. The van der Waals surface area contributed by atoms with Crippen LogP contribution in [0.4, 0.5) is 11.6 Å². The van der Waals surface area contributed by atoms with E-state index in [-0.39, 0.29) is 5.91 Å². The van der Waals surface area contributed by atoms with Crippen molar-refractivity contribution < 1.29 is 14.6 Å². The SMILES string of the molecule is COc1ccc(N(c2ccccn2)C(O)CCCCCC(N)=O)nc1. The zero-order chi connectivity index (χ0) is 18.1. The highest BCUT2D eigenvalue weighted by Gasteiger charge is 2.20. The summed E-state index contributed by atoms with van der Waals surface area (Å²) in [6.07, 6.45) is 5.73. The quantitative estimate of drug-likeness (QED) is 0.507. The number of carbonyl (C=O) groups is 1. The van der Waals surface area contributed by atoms with Gasteiger partial charge in [-0.3, -0.25) is 9.69 Å². The van der Waals surface area contributed by atoms with Crippen LogP contribution in [0.15, 0.2) is 42.7 Å². The molecule has 0 bridgehead atoms. The van der Waals surface area contributed by atoms with E-state index in [4.69, 9.17) is 10.5 Å². The van der Waals surface area contributed by atoms with Gasteiger partial charge in [-0.2, -0.15) is 0 Å². The lowest BCUT2D eigenvalue weighted by Crippen LogP contribution is -2.32. The number of pyridine rings is 2. The highest BCUT2D eigenvalue weighted by Crippen LogP contribution is 2.26. The van der Waals surface area contributed by atoms with Gasteiger partial charge in [-0.05, 0) is 43.5 Å². The molecular formula is C18H24N4O3. The lowest BCUT2D eigenvalue weighted by atomic mass is 10.1. The lowest BCUT2D eigenvalue weighted by Gasteiger charge is -2.28. The van der Waals surface area contributed by atoms with Crippen LogP contribution in [-0.4, -0.2) is 34.3 Å². The number of nitrogens with two attached hydrogens (primary N) is 1. The van der Waals surface area contributed by atoms with Gasteiger partial charge in [0, 0.05) is 12.6 Å². The van der Waals surface area contributed by atoms with Crippen molar-refractivity contribution in [3.05, 3.63) is 42.7 Å². The first-order valence-electron chi connectivity index (χ1n) is 8.28. The molecule has 1 unspecified atom stereocenters. The Labute approximate surface area is 147 Å². The van der Waals surface area contributed by atoms with E-state index >= 15 is 0 Å². The van der Waals surface area contributed by atoms with E-state index in [1.165, 1.54) is 0 Å². The monoisotopic (exact) mass is 344 g/mol. The number of unbranched alkanes of at least 4 members (excludes halogenated alkanes) is 2. The second kappa shape index (κ2) is 9.58. The van der Waals surface area contributed by atoms with Crippen molar-refractivity contribution in [2.24, 2.45) is 5.73 Å². The highest BCUT2D eigenvalue weighted by molar-refractivity contribution is 5.73. The molecule has 0 fully saturated rings. The van der Waals surface area contributed by atoms with Gasteiger partial charge in [0.1, 0.15) is 23.6 Å². The second-order valence-corrected chi connectivity index (χ2v) is 5.66. The summed E-state index contributed by atoms with van der Waals surface area (Å²) in [5.41, 5.74) is 5.14. The van der Waals surface area contributed by atoms with E-state index < -0.39 is 6.23 Å². The van der Waals surface area contributed by atoms with Gasteiger partial charge in [0.15, 0.2) is 0 Å². The number of carbonyl (C=O) groups excluding carboxylic acids is 1. The van der Waals surface area contributed by atoms with Crippen molar-refractivity contribution >= 4 is 17.5 Å². The number of primary amides is 1. The molecule has 2 heterocycles. The third-order valence-electron chi connectivity index (χ3n) is 3.78. The van der Waals surface area contributed by atoms with Crippen LogP contribution in [0.1, 0.15) is 32.1 Å². The number of aliphatic hydroxyl groups is 1. The Bertz CT molecular complexity index is 649. The Kier molecular flexibility index (Phi) is 7.16. The molecule has 7 nitrogen and oxygen atoms in total. The minimum absolute atomic E-state index is 0.293. The molecule has 7 heteroatoms. The first kappa shape index (κ1) is 18.7. The molecule has 2 aromatic heterocycles. The van der Waals surface area contributed by atoms with Crippen molar-refractivity contribution in [2.75, 3.05) is 12.0 Å². The van der Waals surface area contributed by atoms with Crippen LogP contribution in [0, 0.1) is 0 Å². The van der Waals surface area contributed by atoms with Crippen LogP contribution < -0.4 is 15.4 Å². The first-order chi connectivity index (χ1) is 12.1. The van der Waals surface area contributed by atoms with Crippen molar-refractivity contribution in [1.29, 1.82) is 0 Å². The largest absolute Gasteiger partial charge is 0.495 e. The number of amides is 1. The Morgan fingerprint density at radius 2 is 2.00 bits per heavy atom. The average molecular weight is 344 g/mol. The fourth-order valence-electron chi connectivity index (χ4n) is 2.49. The van der Waals surface area contributed by atoms with Gasteiger partial charge in [0.2, 0.25) is 5.91 Å². The zero-order valence-electron chi connectivity index (χ0n) is 14.3. The summed E-state index contributed by atoms with van der Waals surface area (Å²) < 4.78 is 5.13. The number of aliphatic hydroxyl groups excluding tert-OH is 1. The molecule has 1 atom stereocenters. The third kappa shape index (κ3) is 5.72. The fraction of sp³-hybridized carbons (Fsp3) is 0.389. The Morgan fingerprint density at radius 1 is 1.20 bits per heavy atom. The molecule has 0 radical (unpaired) electrons. The summed E-state index contributed by atoms with van der Waals surface area (Å²) in [5.74, 6) is 1.55. The van der Waals surface area contributed by atoms with E-state index in [1.54, 1.807) is 36.5 Å². The smallest absolute Gasteiger partial charge is 0.217 e. The highest BCUT2D eigenvalue weighted by atomic mass is 16.5. The summed E-state index contributed by atoms with van der Waals surface area (Å²) in [6.45, 7) is 0. The third-order valence-corrected chi connectivity index (χ3v) is 3.78. The molecule has 0 saturated heterocycles. The molecule has 2 aromatic rings. The van der Waals surface area contributed by atoms with Crippen molar-refractivity contribution in [2.45, 2.75) is 38.3 Å². The predicted octanol–water partition coefficient (Wildman–Crippen LogP) is 2.38. The molecule has 25 heavy (non-hydrogen) atoms. The van der Waals surface area contributed by atoms with E-state index in [0.717, 1.165) is 19.3 Å². The average Bonchev–Trinajstić information content (AvgIpc) is 2.63. The Hall–Kier alpha value is -2.67. The van der Waals surface area contributed by atoms with Crippen molar-refractivity contribution in [3.63, 3.8) is 0 Å².